The molecule has 0 amide bonds. The first-order valence-corrected chi connectivity index (χ1v) is 6.51. The summed E-state index contributed by atoms with van der Waals surface area (Å²) in [7, 11) is 0. The molecule has 0 heterocycles. The maximum atomic E-state index is 11.9. The summed E-state index contributed by atoms with van der Waals surface area (Å²) in [5, 5.41) is 9.37. The number of carbonyl (C=O) groups is 1. The van der Waals surface area contributed by atoms with Gasteiger partial charge in [0.15, 0.2) is 5.78 Å². The molecule has 0 aliphatic rings. The van der Waals surface area contributed by atoms with Crippen molar-refractivity contribution in [3.8, 4) is 0 Å². The molecule has 100 valence electrons. The summed E-state index contributed by atoms with van der Waals surface area (Å²) in [4.78, 5) is 11.9. The summed E-state index contributed by atoms with van der Waals surface area (Å²) in [6.45, 7) is 3.89. The molecular formula is C15H22O3. The van der Waals surface area contributed by atoms with Crippen LogP contribution in [0, 0.1) is 0 Å². The number of hydrogen-bond acceptors (Lipinski definition) is 3. The fourth-order valence-corrected chi connectivity index (χ4v) is 1.87. The lowest BCUT2D eigenvalue weighted by Crippen LogP contribution is -2.22. The topological polar surface area (TPSA) is 46.5 Å². The van der Waals surface area contributed by atoms with E-state index in [0.29, 0.717) is 12.0 Å². The fourth-order valence-electron chi connectivity index (χ4n) is 1.87. The Bertz CT molecular complexity index is 346. The van der Waals surface area contributed by atoms with Gasteiger partial charge in [0.25, 0.3) is 0 Å². The van der Waals surface area contributed by atoms with Crippen LogP contribution in [0.15, 0.2) is 30.3 Å². The van der Waals surface area contributed by atoms with Gasteiger partial charge in [-0.1, -0.05) is 43.7 Å². The number of Topliss-reactive ketones (excluding diaryl/α,β-unsaturated/α-hetero) is 1. The Hall–Kier alpha value is -1.19. The van der Waals surface area contributed by atoms with Gasteiger partial charge < -0.3 is 9.84 Å². The molecule has 0 spiro atoms. The van der Waals surface area contributed by atoms with E-state index in [4.69, 9.17) is 4.74 Å². The number of ether oxygens (including phenoxy) is 1. The molecule has 0 bridgehead atoms. The molecule has 3 heteroatoms. The smallest absolute Gasteiger partial charge is 0.188 e. The largest absolute Gasteiger partial charge is 0.393 e. The zero-order valence-corrected chi connectivity index (χ0v) is 11.1. The monoisotopic (exact) mass is 250 g/mol. The van der Waals surface area contributed by atoms with Gasteiger partial charge in [-0.2, -0.15) is 0 Å². The molecule has 1 rings (SSSR count). The maximum absolute atomic E-state index is 11.9. The summed E-state index contributed by atoms with van der Waals surface area (Å²) < 4.78 is 5.60. The predicted octanol–water partition coefficient (Wildman–Crippen LogP) is 2.83. The van der Waals surface area contributed by atoms with Crippen LogP contribution in [0.2, 0.25) is 0 Å². The van der Waals surface area contributed by atoms with E-state index in [1.807, 2.05) is 18.2 Å². The highest BCUT2D eigenvalue weighted by molar-refractivity contribution is 5.96. The first-order chi connectivity index (χ1) is 8.63. The van der Waals surface area contributed by atoms with Gasteiger partial charge in [-0.3, -0.25) is 4.79 Å². The van der Waals surface area contributed by atoms with Crippen molar-refractivity contribution in [1.29, 1.82) is 0 Å². The van der Waals surface area contributed by atoms with E-state index in [1.54, 1.807) is 19.1 Å². The van der Waals surface area contributed by atoms with Gasteiger partial charge in [0.2, 0.25) is 0 Å². The molecule has 1 aromatic carbocycles. The molecule has 0 aromatic heterocycles. The van der Waals surface area contributed by atoms with Crippen molar-refractivity contribution in [2.24, 2.45) is 0 Å². The van der Waals surface area contributed by atoms with Gasteiger partial charge in [0, 0.05) is 5.56 Å². The van der Waals surface area contributed by atoms with E-state index in [0.717, 1.165) is 12.8 Å². The first kappa shape index (κ1) is 14.9. The fraction of sp³-hybridized carbons (Fsp3) is 0.533. The van der Waals surface area contributed by atoms with Crippen molar-refractivity contribution in [3.05, 3.63) is 35.9 Å². The molecule has 0 fully saturated rings. The number of hydrogen-bond donors (Lipinski definition) is 1. The Morgan fingerprint density at radius 1 is 1.33 bits per heavy atom. The number of benzene rings is 1. The van der Waals surface area contributed by atoms with Crippen LogP contribution < -0.4 is 0 Å². The highest BCUT2D eigenvalue weighted by Crippen LogP contribution is 2.11. The zero-order valence-electron chi connectivity index (χ0n) is 11.1. The normalized spacial score (nSPS) is 14.2. The summed E-state index contributed by atoms with van der Waals surface area (Å²) >= 11 is 0. The van der Waals surface area contributed by atoms with E-state index in [-0.39, 0.29) is 18.5 Å². The van der Waals surface area contributed by atoms with Crippen molar-refractivity contribution in [1.82, 2.24) is 0 Å². The summed E-state index contributed by atoms with van der Waals surface area (Å²) in [5.41, 5.74) is 0.671. The molecular weight excluding hydrogens is 228 g/mol. The van der Waals surface area contributed by atoms with E-state index in [9.17, 15) is 9.90 Å². The van der Waals surface area contributed by atoms with Gasteiger partial charge >= 0.3 is 0 Å². The van der Waals surface area contributed by atoms with Gasteiger partial charge in [0.05, 0.1) is 12.2 Å². The van der Waals surface area contributed by atoms with Crippen LogP contribution in [0.4, 0.5) is 0 Å². The number of aliphatic hydroxyl groups excluding tert-OH is 1. The Morgan fingerprint density at radius 2 is 2.00 bits per heavy atom. The third-order valence-corrected chi connectivity index (χ3v) is 2.76. The number of rotatable bonds is 8. The van der Waals surface area contributed by atoms with Crippen LogP contribution in [-0.2, 0) is 4.74 Å². The van der Waals surface area contributed by atoms with Crippen LogP contribution >= 0.6 is 0 Å². The lowest BCUT2D eigenvalue weighted by atomic mass is 10.1. The average molecular weight is 250 g/mol. The molecule has 1 N–H and O–H groups in total. The van der Waals surface area contributed by atoms with Crippen LogP contribution in [0.1, 0.15) is 43.5 Å². The second-order valence-electron chi connectivity index (χ2n) is 4.60. The molecule has 2 unspecified atom stereocenters. The molecule has 0 aliphatic heterocycles. The van der Waals surface area contributed by atoms with Crippen molar-refractivity contribution in [2.45, 2.75) is 45.3 Å². The van der Waals surface area contributed by atoms with Gasteiger partial charge in [0.1, 0.15) is 6.61 Å². The molecule has 0 saturated heterocycles. The number of aliphatic hydroxyl groups is 1. The van der Waals surface area contributed by atoms with Gasteiger partial charge in [-0.05, 0) is 19.8 Å². The summed E-state index contributed by atoms with van der Waals surface area (Å²) in [6.07, 6.45) is 2.00. The summed E-state index contributed by atoms with van der Waals surface area (Å²) in [5.74, 6) is -0.0118. The lowest BCUT2D eigenvalue weighted by molar-refractivity contribution is 0.0155. The van der Waals surface area contributed by atoms with E-state index in [1.165, 1.54) is 0 Å². The standard InChI is InChI=1S/C15H22O3/c1-3-7-14(10-12(2)16)18-11-15(17)13-8-5-4-6-9-13/h4-6,8-9,12,14,16H,3,7,10-11H2,1-2H3. The van der Waals surface area contributed by atoms with E-state index >= 15 is 0 Å². The SMILES string of the molecule is CCCC(CC(C)O)OCC(=O)c1ccccc1. The Labute approximate surface area is 109 Å². The van der Waals surface area contributed by atoms with Crippen LogP contribution in [-0.4, -0.2) is 29.7 Å². The molecule has 2 atom stereocenters. The molecule has 0 aliphatic carbocycles. The second kappa shape index (κ2) is 8.01. The Morgan fingerprint density at radius 3 is 2.56 bits per heavy atom. The van der Waals surface area contributed by atoms with Gasteiger partial charge in [-0.25, -0.2) is 0 Å². The minimum atomic E-state index is -0.395. The highest BCUT2D eigenvalue weighted by atomic mass is 16.5. The Kier molecular flexibility index (Phi) is 6.61. The number of ketones is 1. The quantitative estimate of drug-likeness (QED) is 0.722. The van der Waals surface area contributed by atoms with Crippen molar-refractivity contribution in [3.63, 3.8) is 0 Å². The maximum Gasteiger partial charge on any atom is 0.188 e. The predicted molar refractivity (Wildman–Crippen MR) is 71.7 cm³/mol. The van der Waals surface area contributed by atoms with Crippen molar-refractivity contribution < 1.29 is 14.6 Å². The Balaban J connectivity index is 2.44. The second-order valence-corrected chi connectivity index (χ2v) is 4.60. The molecule has 3 nitrogen and oxygen atoms in total. The minimum Gasteiger partial charge on any atom is -0.393 e. The van der Waals surface area contributed by atoms with E-state index in [2.05, 4.69) is 6.92 Å². The molecule has 0 radical (unpaired) electrons. The lowest BCUT2D eigenvalue weighted by Gasteiger charge is -2.18. The van der Waals surface area contributed by atoms with Crippen LogP contribution in [0.3, 0.4) is 0 Å². The zero-order chi connectivity index (χ0) is 13.4. The van der Waals surface area contributed by atoms with E-state index < -0.39 is 6.10 Å². The number of carbonyl (C=O) groups excluding carboxylic acids is 1. The first-order valence-electron chi connectivity index (χ1n) is 6.51. The average Bonchev–Trinajstić information content (AvgIpc) is 2.36. The van der Waals surface area contributed by atoms with Crippen LogP contribution in [0.5, 0.6) is 0 Å². The third kappa shape index (κ3) is 5.43. The van der Waals surface area contributed by atoms with Crippen LogP contribution in [0.25, 0.3) is 0 Å². The highest BCUT2D eigenvalue weighted by Gasteiger charge is 2.14. The minimum absolute atomic E-state index is 0.0118. The molecule has 0 saturated carbocycles. The van der Waals surface area contributed by atoms with Crippen molar-refractivity contribution >= 4 is 5.78 Å². The van der Waals surface area contributed by atoms with Gasteiger partial charge in [-0.15, -0.1) is 0 Å². The molecule has 1 aromatic rings. The van der Waals surface area contributed by atoms with Crippen molar-refractivity contribution in [2.75, 3.05) is 6.61 Å². The molecule has 18 heavy (non-hydrogen) atoms. The summed E-state index contributed by atoms with van der Waals surface area (Å²) in [6, 6.07) is 9.13. The third-order valence-electron chi connectivity index (χ3n) is 2.76.